The Hall–Kier alpha value is -0.610. The van der Waals surface area contributed by atoms with Gasteiger partial charge in [0.15, 0.2) is 0 Å². The number of esters is 1. The van der Waals surface area contributed by atoms with Gasteiger partial charge in [0, 0.05) is 0 Å². The van der Waals surface area contributed by atoms with E-state index in [1.54, 1.807) is 0 Å². The Kier molecular flexibility index (Phi) is 5.39. The number of nitrogens with two attached hydrogens (primary N) is 1. The van der Waals surface area contributed by atoms with Crippen LogP contribution in [0.5, 0.6) is 0 Å². The predicted octanol–water partition coefficient (Wildman–Crippen LogP) is 3.19. The molecule has 0 amide bonds. The molecule has 0 bridgehead atoms. The van der Waals surface area contributed by atoms with Crippen LogP contribution < -0.4 is 5.90 Å². The number of carbonyl (C=O) groups is 1. The molecule has 0 atom stereocenters. The summed E-state index contributed by atoms with van der Waals surface area (Å²) in [5, 5.41) is 0. The first-order valence-electron chi connectivity index (χ1n) is 7.27. The topological polar surface area (TPSA) is 61.5 Å². The lowest BCUT2D eigenvalue weighted by molar-refractivity contribution is -0.167. The molecule has 0 radical (unpaired) electrons. The van der Waals surface area contributed by atoms with E-state index in [1.165, 1.54) is 0 Å². The molecule has 0 aromatic rings. The third-order valence-electron chi connectivity index (χ3n) is 4.02. The molecule has 0 heterocycles. The van der Waals surface area contributed by atoms with Crippen molar-refractivity contribution in [1.29, 1.82) is 0 Å². The highest BCUT2D eigenvalue weighted by Gasteiger charge is 2.39. The predicted molar refractivity (Wildman–Crippen MR) is 75.3 cm³/mol. The third-order valence-corrected chi connectivity index (χ3v) is 4.02. The number of ether oxygens (including phenoxy) is 1. The van der Waals surface area contributed by atoms with Gasteiger partial charge in [-0.2, -0.15) is 0 Å². The Morgan fingerprint density at radius 3 is 2.21 bits per heavy atom. The summed E-state index contributed by atoms with van der Waals surface area (Å²) < 4.78 is 5.37. The molecule has 2 N–H and O–H groups in total. The van der Waals surface area contributed by atoms with Crippen molar-refractivity contribution in [3.8, 4) is 0 Å². The minimum Gasteiger partial charge on any atom is -0.460 e. The summed E-state index contributed by atoms with van der Waals surface area (Å²) in [4.78, 5) is 17.1. The molecule has 1 saturated carbocycles. The van der Waals surface area contributed by atoms with E-state index in [1.807, 2.05) is 20.8 Å². The van der Waals surface area contributed by atoms with Crippen molar-refractivity contribution in [2.45, 2.75) is 77.9 Å². The van der Waals surface area contributed by atoms with Crippen LogP contribution in [-0.4, -0.2) is 17.2 Å². The maximum absolute atomic E-state index is 11.9. The Balaban J connectivity index is 2.56. The first-order chi connectivity index (χ1) is 8.67. The van der Waals surface area contributed by atoms with Gasteiger partial charge in [-0.1, -0.05) is 13.8 Å². The minimum atomic E-state index is -0.520. The van der Waals surface area contributed by atoms with Gasteiger partial charge in [0.05, 0.1) is 12.0 Å². The molecule has 1 aliphatic rings. The fraction of sp³-hybridized carbons (Fsp3) is 0.933. The summed E-state index contributed by atoms with van der Waals surface area (Å²) in [6, 6.07) is 0. The second-order valence-corrected chi connectivity index (χ2v) is 7.15. The van der Waals surface area contributed by atoms with Crippen LogP contribution in [0.2, 0.25) is 0 Å². The van der Waals surface area contributed by atoms with E-state index in [2.05, 4.69) is 13.8 Å². The molecule has 0 aliphatic heterocycles. The Bertz CT molecular complexity index is 299. The van der Waals surface area contributed by atoms with Crippen molar-refractivity contribution in [3.63, 3.8) is 0 Å². The molecule has 0 aromatic heterocycles. The lowest BCUT2D eigenvalue weighted by Crippen LogP contribution is -2.43. The molecular weight excluding hydrogens is 242 g/mol. The number of rotatable bonds is 4. The van der Waals surface area contributed by atoms with Crippen molar-refractivity contribution in [2.75, 3.05) is 0 Å². The van der Waals surface area contributed by atoms with Crippen molar-refractivity contribution in [3.05, 3.63) is 0 Å². The van der Waals surface area contributed by atoms with Crippen LogP contribution in [0.3, 0.4) is 0 Å². The highest BCUT2D eigenvalue weighted by molar-refractivity contribution is 5.71. The summed E-state index contributed by atoms with van der Waals surface area (Å²) in [6.45, 7) is 10.1. The second-order valence-electron chi connectivity index (χ2n) is 7.15. The van der Waals surface area contributed by atoms with Gasteiger partial charge in [-0.05, 0) is 58.3 Å². The van der Waals surface area contributed by atoms with Gasteiger partial charge in [0.2, 0.25) is 0 Å². The SMILES string of the molecule is CC(C)C1CCC(CC(=O)OC(C)(C)C)(ON)CC1. The monoisotopic (exact) mass is 271 g/mol. The normalized spacial score (nSPS) is 28.5. The maximum atomic E-state index is 11.9. The molecule has 19 heavy (non-hydrogen) atoms. The third kappa shape index (κ3) is 5.11. The van der Waals surface area contributed by atoms with E-state index in [0.717, 1.165) is 25.7 Å². The molecule has 1 aliphatic carbocycles. The number of hydrogen-bond donors (Lipinski definition) is 1. The van der Waals surface area contributed by atoms with Gasteiger partial charge in [-0.25, -0.2) is 5.90 Å². The Morgan fingerprint density at radius 2 is 1.84 bits per heavy atom. The largest absolute Gasteiger partial charge is 0.460 e. The maximum Gasteiger partial charge on any atom is 0.309 e. The minimum absolute atomic E-state index is 0.221. The molecule has 0 spiro atoms. The molecule has 0 saturated heterocycles. The van der Waals surface area contributed by atoms with E-state index in [0.29, 0.717) is 11.8 Å². The Labute approximate surface area is 117 Å². The summed E-state index contributed by atoms with van der Waals surface area (Å²) in [5.41, 5.74) is -0.976. The summed E-state index contributed by atoms with van der Waals surface area (Å²) in [6.07, 6.45) is 4.07. The zero-order valence-electron chi connectivity index (χ0n) is 13.0. The summed E-state index contributed by atoms with van der Waals surface area (Å²) >= 11 is 0. The second kappa shape index (κ2) is 6.23. The van der Waals surface area contributed by atoms with Crippen LogP contribution in [0.25, 0.3) is 0 Å². The Morgan fingerprint density at radius 1 is 1.32 bits per heavy atom. The first-order valence-corrected chi connectivity index (χ1v) is 7.27. The number of carbonyl (C=O) groups excluding carboxylic acids is 1. The smallest absolute Gasteiger partial charge is 0.309 e. The van der Waals surface area contributed by atoms with Gasteiger partial charge in [-0.15, -0.1) is 0 Å². The van der Waals surface area contributed by atoms with Crippen LogP contribution in [0.15, 0.2) is 0 Å². The van der Waals surface area contributed by atoms with Crippen LogP contribution in [0.1, 0.15) is 66.7 Å². The lowest BCUT2D eigenvalue weighted by Gasteiger charge is -2.39. The fourth-order valence-electron chi connectivity index (χ4n) is 2.81. The van der Waals surface area contributed by atoms with Gasteiger partial charge < -0.3 is 4.74 Å². The molecule has 4 heteroatoms. The zero-order chi connectivity index (χ0) is 14.7. The molecule has 4 nitrogen and oxygen atoms in total. The molecule has 0 aromatic carbocycles. The summed E-state index contributed by atoms with van der Waals surface area (Å²) in [7, 11) is 0. The van der Waals surface area contributed by atoms with Gasteiger partial charge in [0.25, 0.3) is 0 Å². The fourth-order valence-corrected chi connectivity index (χ4v) is 2.81. The molecule has 1 rings (SSSR count). The van der Waals surface area contributed by atoms with Crippen LogP contribution in [-0.2, 0) is 14.4 Å². The van der Waals surface area contributed by atoms with E-state index >= 15 is 0 Å². The van der Waals surface area contributed by atoms with Crippen molar-refractivity contribution >= 4 is 5.97 Å². The summed E-state index contributed by atoms with van der Waals surface area (Å²) in [5.74, 6) is 6.63. The van der Waals surface area contributed by atoms with Crippen LogP contribution >= 0.6 is 0 Å². The highest BCUT2D eigenvalue weighted by atomic mass is 16.6. The average Bonchev–Trinajstić information content (AvgIpc) is 2.26. The van der Waals surface area contributed by atoms with Crippen molar-refractivity contribution < 1.29 is 14.4 Å². The standard InChI is InChI=1S/C15H29NO3/c1-11(2)12-6-8-15(19-16,9-7-12)10-13(17)18-14(3,4)5/h11-12H,6-10,16H2,1-5H3. The molecule has 0 unspecified atom stereocenters. The molecule has 1 fully saturated rings. The van der Waals surface area contributed by atoms with Crippen molar-refractivity contribution in [1.82, 2.24) is 0 Å². The lowest BCUT2D eigenvalue weighted by atomic mass is 9.73. The molecule has 112 valence electrons. The average molecular weight is 271 g/mol. The highest BCUT2D eigenvalue weighted by Crippen LogP contribution is 2.39. The van der Waals surface area contributed by atoms with Crippen molar-refractivity contribution in [2.24, 2.45) is 17.7 Å². The van der Waals surface area contributed by atoms with Crippen LogP contribution in [0, 0.1) is 11.8 Å². The van der Waals surface area contributed by atoms with Crippen LogP contribution in [0.4, 0.5) is 0 Å². The quantitative estimate of drug-likeness (QED) is 0.630. The number of hydrogen-bond acceptors (Lipinski definition) is 4. The van der Waals surface area contributed by atoms with E-state index in [9.17, 15) is 4.79 Å². The molecular formula is C15H29NO3. The van der Waals surface area contributed by atoms with E-state index in [4.69, 9.17) is 15.5 Å². The first kappa shape index (κ1) is 16.4. The van der Waals surface area contributed by atoms with Gasteiger partial charge in [-0.3, -0.25) is 9.63 Å². The zero-order valence-corrected chi connectivity index (χ0v) is 13.0. The van der Waals surface area contributed by atoms with E-state index < -0.39 is 11.2 Å². The van der Waals surface area contributed by atoms with E-state index in [-0.39, 0.29) is 12.4 Å². The van der Waals surface area contributed by atoms with Gasteiger partial charge >= 0.3 is 5.97 Å². The van der Waals surface area contributed by atoms with Gasteiger partial charge in [0.1, 0.15) is 5.60 Å².